The van der Waals surface area contributed by atoms with E-state index in [1.165, 1.54) is 0 Å². The highest BCUT2D eigenvalue weighted by atomic mass is 16.5. The van der Waals surface area contributed by atoms with Crippen molar-refractivity contribution in [3.63, 3.8) is 0 Å². The zero-order valence-electron chi connectivity index (χ0n) is 12.8. The molecule has 0 aliphatic rings. The van der Waals surface area contributed by atoms with Gasteiger partial charge in [0.1, 0.15) is 17.3 Å². The standard InChI is InChI=1S/C18H18O4/c1-12(17(19)13-4-8-15(21-2)9-5-13)18(20)14-6-10-16(22-3)11-7-14/h4-11,19H,1-3H3. The lowest BCUT2D eigenvalue weighted by Gasteiger charge is -2.08. The molecule has 0 amide bonds. The Balaban J connectivity index is 2.29. The first-order chi connectivity index (χ1) is 10.6. The number of rotatable bonds is 5. The maximum atomic E-state index is 12.4. The lowest BCUT2D eigenvalue weighted by molar-refractivity contribution is 0.103. The fourth-order valence-electron chi connectivity index (χ4n) is 2.03. The number of Topliss-reactive ketones (excluding diaryl/α,β-unsaturated/α-hetero) is 1. The molecular formula is C18H18O4. The van der Waals surface area contributed by atoms with Crippen LogP contribution in [-0.2, 0) is 0 Å². The van der Waals surface area contributed by atoms with Gasteiger partial charge < -0.3 is 14.6 Å². The van der Waals surface area contributed by atoms with Crippen molar-refractivity contribution in [2.45, 2.75) is 6.92 Å². The lowest BCUT2D eigenvalue weighted by Crippen LogP contribution is -2.03. The highest BCUT2D eigenvalue weighted by Gasteiger charge is 2.14. The highest BCUT2D eigenvalue weighted by Crippen LogP contribution is 2.22. The first kappa shape index (κ1) is 15.6. The molecule has 0 fully saturated rings. The third-order valence-electron chi connectivity index (χ3n) is 3.41. The molecule has 0 unspecified atom stereocenters. The van der Waals surface area contributed by atoms with Crippen molar-refractivity contribution in [3.8, 4) is 11.5 Å². The fourth-order valence-corrected chi connectivity index (χ4v) is 2.03. The largest absolute Gasteiger partial charge is 0.507 e. The third kappa shape index (κ3) is 3.28. The van der Waals surface area contributed by atoms with Gasteiger partial charge in [0.25, 0.3) is 0 Å². The van der Waals surface area contributed by atoms with Crippen LogP contribution in [0.4, 0.5) is 0 Å². The van der Waals surface area contributed by atoms with Gasteiger partial charge in [-0.2, -0.15) is 0 Å². The van der Waals surface area contributed by atoms with E-state index in [4.69, 9.17) is 9.47 Å². The summed E-state index contributed by atoms with van der Waals surface area (Å²) in [5.41, 5.74) is 1.36. The SMILES string of the molecule is COc1ccc(C(=O)C(C)=C(O)c2ccc(OC)cc2)cc1. The van der Waals surface area contributed by atoms with E-state index < -0.39 is 0 Å². The number of aliphatic hydroxyl groups excluding tert-OH is 1. The zero-order valence-corrected chi connectivity index (χ0v) is 12.8. The van der Waals surface area contributed by atoms with Gasteiger partial charge in [-0.1, -0.05) is 0 Å². The Hall–Kier alpha value is -2.75. The molecule has 2 aromatic carbocycles. The van der Waals surface area contributed by atoms with Gasteiger partial charge in [0.2, 0.25) is 0 Å². The molecule has 0 aromatic heterocycles. The van der Waals surface area contributed by atoms with Gasteiger partial charge >= 0.3 is 0 Å². The van der Waals surface area contributed by atoms with Gasteiger partial charge in [0.05, 0.1) is 14.2 Å². The first-order valence-electron chi connectivity index (χ1n) is 6.80. The molecule has 0 heterocycles. The predicted octanol–water partition coefficient (Wildman–Crippen LogP) is 3.88. The molecule has 0 bridgehead atoms. The van der Waals surface area contributed by atoms with Crippen molar-refractivity contribution in [2.75, 3.05) is 14.2 Å². The number of carbonyl (C=O) groups excluding carboxylic acids is 1. The molecule has 0 aliphatic carbocycles. The number of ether oxygens (including phenoxy) is 2. The second kappa shape index (κ2) is 6.80. The molecule has 4 nitrogen and oxygen atoms in total. The molecule has 22 heavy (non-hydrogen) atoms. The van der Waals surface area contributed by atoms with E-state index in [1.54, 1.807) is 69.7 Å². The summed E-state index contributed by atoms with van der Waals surface area (Å²) in [6.45, 7) is 1.60. The topological polar surface area (TPSA) is 55.8 Å². The third-order valence-corrected chi connectivity index (χ3v) is 3.41. The minimum atomic E-state index is -0.226. The van der Waals surface area contributed by atoms with Crippen LogP contribution in [0.1, 0.15) is 22.8 Å². The summed E-state index contributed by atoms with van der Waals surface area (Å²) in [5, 5.41) is 10.3. The lowest BCUT2D eigenvalue weighted by atomic mass is 10.0. The Morgan fingerprint density at radius 2 is 1.23 bits per heavy atom. The van der Waals surface area contributed by atoms with Gasteiger partial charge in [-0.3, -0.25) is 4.79 Å². The summed E-state index contributed by atoms with van der Waals surface area (Å²) >= 11 is 0. The normalized spacial score (nSPS) is 11.6. The molecule has 4 heteroatoms. The van der Waals surface area contributed by atoms with Crippen molar-refractivity contribution >= 4 is 11.5 Å². The quantitative estimate of drug-likeness (QED) is 0.517. The van der Waals surface area contributed by atoms with Crippen LogP contribution >= 0.6 is 0 Å². The van der Waals surface area contributed by atoms with Crippen molar-refractivity contribution in [1.29, 1.82) is 0 Å². The maximum Gasteiger partial charge on any atom is 0.192 e. The molecule has 1 N–H and O–H groups in total. The van der Waals surface area contributed by atoms with Crippen LogP contribution < -0.4 is 9.47 Å². The van der Waals surface area contributed by atoms with Crippen LogP contribution in [-0.4, -0.2) is 25.1 Å². The molecule has 0 radical (unpaired) electrons. The summed E-state index contributed by atoms with van der Waals surface area (Å²) in [7, 11) is 3.14. The Kier molecular flexibility index (Phi) is 4.84. The molecule has 0 saturated carbocycles. The minimum Gasteiger partial charge on any atom is -0.507 e. The smallest absolute Gasteiger partial charge is 0.192 e. The molecular weight excluding hydrogens is 280 g/mol. The second-order valence-corrected chi connectivity index (χ2v) is 4.76. The Morgan fingerprint density at radius 3 is 1.64 bits per heavy atom. The van der Waals surface area contributed by atoms with E-state index in [1.807, 2.05) is 0 Å². The van der Waals surface area contributed by atoms with Crippen LogP contribution in [0, 0.1) is 0 Å². The molecule has 0 atom stereocenters. The van der Waals surface area contributed by atoms with E-state index in [2.05, 4.69) is 0 Å². The van der Waals surface area contributed by atoms with E-state index in [-0.39, 0.29) is 17.1 Å². The molecule has 0 spiro atoms. The number of methoxy groups -OCH3 is 2. The number of allylic oxidation sites excluding steroid dienone is 1. The predicted molar refractivity (Wildman–Crippen MR) is 85.5 cm³/mol. The molecule has 0 aliphatic heterocycles. The van der Waals surface area contributed by atoms with Crippen LogP contribution in [0.25, 0.3) is 5.76 Å². The number of hydrogen-bond acceptors (Lipinski definition) is 4. The molecule has 114 valence electrons. The Labute approximate surface area is 129 Å². The number of hydrogen-bond donors (Lipinski definition) is 1. The zero-order chi connectivity index (χ0) is 16.1. The average molecular weight is 298 g/mol. The van der Waals surface area contributed by atoms with Crippen molar-refractivity contribution in [2.24, 2.45) is 0 Å². The van der Waals surface area contributed by atoms with Crippen molar-refractivity contribution in [1.82, 2.24) is 0 Å². The summed E-state index contributed by atoms with van der Waals surface area (Å²) in [5.74, 6) is 1.10. The monoisotopic (exact) mass is 298 g/mol. The maximum absolute atomic E-state index is 12.4. The van der Waals surface area contributed by atoms with Gasteiger partial charge in [-0.15, -0.1) is 0 Å². The summed E-state index contributed by atoms with van der Waals surface area (Å²) in [6, 6.07) is 13.7. The Morgan fingerprint density at radius 1 is 0.818 bits per heavy atom. The van der Waals surface area contributed by atoms with E-state index >= 15 is 0 Å². The first-order valence-corrected chi connectivity index (χ1v) is 6.80. The van der Waals surface area contributed by atoms with E-state index in [0.29, 0.717) is 22.6 Å². The van der Waals surface area contributed by atoms with E-state index in [0.717, 1.165) is 0 Å². The second-order valence-electron chi connectivity index (χ2n) is 4.76. The Bertz CT molecular complexity index is 682. The summed E-state index contributed by atoms with van der Waals surface area (Å²) < 4.78 is 10.1. The number of benzene rings is 2. The summed E-state index contributed by atoms with van der Waals surface area (Å²) in [6.07, 6.45) is 0. The number of carbonyl (C=O) groups is 1. The van der Waals surface area contributed by atoms with E-state index in [9.17, 15) is 9.90 Å². The van der Waals surface area contributed by atoms with Crippen molar-refractivity contribution < 1.29 is 19.4 Å². The minimum absolute atomic E-state index is 0.0385. The molecule has 2 rings (SSSR count). The van der Waals surface area contributed by atoms with Crippen LogP contribution in [0.2, 0.25) is 0 Å². The molecule has 0 saturated heterocycles. The van der Waals surface area contributed by atoms with Crippen molar-refractivity contribution in [3.05, 3.63) is 65.2 Å². The van der Waals surface area contributed by atoms with Gasteiger partial charge in [-0.05, 0) is 55.5 Å². The number of ketones is 1. The highest BCUT2D eigenvalue weighted by molar-refractivity contribution is 6.11. The van der Waals surface area contributed by atoms with Gasteiger partial charge in [0, 0.05) is 16.7 Å². The van der Waals surface area contributed by atoms with Crippen LogP contribution in [0.5, 0.6) is 11.5 Å². The number of aliphatic hydroxyl groups is 1. The fraction of sp³-hybridized carbons (Fsp3) is 0.167. The average Bonchev–Trinajstić information content (AvgIpc) is 2.60. The van der Waals surface area contributed by atoms with Crippen LogP contribution in [0.15, 0.2) is 54.1 Å². The molecule has 2 aromatic rings. The van der Waals surface area contributed by atoms with Gasteiger partial charge in [0.15, 0.2) is 5.78 Å². The summed E-state index contributed by atoms with van der Waals surface area (Å²) in [4.78, 5) is 12.4. The van der Waals surface area contributed by atoms with Crippen LogP contribution in [0.3, 0.4) is 0 Å². The van der Waals surface area contributed by atoms with Gasteiger partial charge in [-0.25, -0.2) is 0 Å².